The van der Waals surface area contributed by atoms with Gasteiger partial charge in [0.05, 0.1) is 13.2 Å². The summed E-state index contributed by atoms with van der Waals surface area (Å²) in [6, 6.07) is 15.7. The summed E-state index contributed by atoms with van der Waals surface area (Å²) >= 11 is 0. The normalized spacial score (nSPS) is 11.6. The van der Waals surface area contributed by atoms with E-state index in [4.69, 9.17) is 18.3 Å². The number of hydrogen-bond donors (Lipinski definition) is 0. The SMILES string of the molecule is CCCCCCCCc1ccccc1OP(=O)(OCCOCCCC)Oc1ccccc1CCCCCCCC. The number of phosphoric ester groups is 1. The van der Waals surface area contributed by atoms with Gasteiger partial charge >= 0.3 is 7.82 Å². The summed E-state index contributed by atoms with van der Waals surface area (Å²) in [4.78, 5) is 0. The van der Waals surface area contributed by atoms with Crippen molar-refractivity contribution >= 4 is 7.82 Å². The largest absolute Gasteiger partial charge is 0.587 e. The molecule has 0 aliphatic heterocycles. The lowest BCUT2D eigenvalue weighted by Gasteiger charge is -2.22. The molecule has 2 aromatic rings. The van der Waals surface area contributed by atoms with Crippen molar-refractivity contribution in [1.82, 2.24) is 0 Å². The lowest BCUT2D eigenvalue weighted by Crippen LogP contribution is -2.11. The van der Waals surface area contributed by atoms with Gasteiger partial charge in [-0.15, -0.1) is 0 Å². The number of hydrogen-bond acceptors (Lipinski definition) is 5. The molecule has 0 aromatic heterocycles. The average Bonchev–Trinajstić information content (AvgIpc) is 2.96. The molecule has 0 spiro atoms. The maximum atomic E-state index is 14.1. The summed E-state index contributed by atoms with van der Waals surface area (Å²) in [5.41, 5.74) is 2.06. The number of ether oxygens (including phenoxy) is 1. The lowest BCUT2D eigenvalue weighted by molar-refractivity contribution is 0.0864. The minimum absolute atomic E-state index is 0.139. The molecule has 0 bridgehead atoms. The third-order valence-electron chi connectivity index (χ3n) is 7.08. The monoisotopic (exact) mass is 574 g/mol. The van der Waals surface area contributed by atoms with E-state index in [-0.39, 0.29) is 6.61 Å². The summed E-state index contributed by atoms with van der Waals surface area (Å²) in [6.07, 6.45) is 18.4. The molecule has 40 heavy (non-hydrogen) atoms. The highest BCUT2D eigenvalue weighted by molar-refractivity contribution is 7.49. The first-order valence-corrected chi connectivity index (χ1v) is 17.4. The van der Waals surface area contributed by atoms with E-state index < -0.39 is 7.82 Å². The highest BCUT2D eigenvalue weighted by Gasteiger charge is 2.32. The Morgan fingerprint density at radius 2 is 0.975 bits per heavy atom. The van der Waals surface area contributed by atoms with Crippen LogP contribution in [0.4, 0.5) is 0 Å². The summed E-state index contributed by atoms with van der Waals surface area (Å²) in [5, 5.41) is 0. The van der Waals surface area contributed by atoms with E-state index in [9.17, 15) is 4.57 Å². The van der Waals surface area contributed by atoms with Crippen molar-refractivity contribution < 1.29 is 22.9 Å². The molecule has 0 N–H and O–H groups in total. The molecule has 2 aromatic carbocycles. The third kappa shape index (κ3) is 14.7. The van der Waals surface area contributed by atoms with Gasteiger partial charge in [0.1, 0.15) is 11.5 Å². The fourth-order valence-electron chi connectivity index (χ4n) is 4.66. The first-order valence-electron chi connectivity index (χ1n) is 16.0. The van der Waals surface area contributed by atoms with Crippen molar-refractivity contribution in [2.24, 2.45) is 0 Å². The first-order chi connectivity index (χ1) is 19.6. The van der Waals surface area contributed by atoms with Crippen LogP contribution in [0.1, 0.15) is 122 Å². The molecule has 0 atom stereocenters. The number of benzene rings is 2. The smallest absolute Gasteiger partial charge is 0.395 e. The van der Waals surface area contributed by atoms with Gasteiger partial charge in [0.2, 0.25) is 0 Å². The topological polar surface area (TPSA) is 54.0 Å². The van der Waals surface area contributed by atoms with Gasteiger partial charge in [0.15, 0.2) is 0 Å². The Balaban J connectivity index is 2.09. The zero-order valence-electron chi connectivity index (χ0n) is 25.5. The van der Waals surface area contributed by atoms with Gasteiger partial charge in [0.25, 0.3) is 0 Å². The third-order valence-corrected chi connectivity index (χ3v) is 8.42. The molecule has 0 aliphatic rings. The van der Waals surface area contributed by atoms with E-state index in [0.717, 1.165) is 49.7 Å². The van der Waals surface area contributed by atoms with Crippen LogP contribution in [-0.2, 0) is 26.7 Å². The highest BCUT2D eigenvalue weighted by Crippen LogP contribution is 2.51. The summed E-state index contributed by atoms with van der Waals surface area (Å²) in [5.74, 6) is 1.14. The van der Waals surface area contributed by atoms with Crippen LogP contribution in [0.5, 0.6) is 11.5 Å². The predicted molar refractivity (Wildman–Crippen MR) is 168 cm³/mol. The van der Waals surface area contributed by atoms with Crippen molar-refractivity contribution in [2.75, 3.05) is 19.8 Å². The minimum Gasteiger partial charge on any atom is -0.395 e. The zero-order valence-corrected chi connectivity index (χ0v) is 26.4. The van der Waals surface area contributed by atoms with E-state index in [1.807, 2.05) is 48.5 Å². The quantitative estimate of drug-likeness (QED) is 0.0872. The van der Waals surface area contributed by atoms with Gasteiger partial charge in [-0.25, -0.2) is 4.57 Å². The number of para-hydroxylation sites is 2. The Bertz CT molecular complexity index is 882. The van der Waals surface area contributed by atoms with E-state index in [1.54, 1.807) is 0 Å². The molecule has 0 amide bonds. The highest BCUT2D eigenvalue weighted by atomic mass is 31.2. The van der Waals surface area contributed by atoms with Crippen molar-refractivity contribution in [3.63, 3.8) is 0 Å². The molecule has 0 radical (unpaired) electrons. The van der Waals surface area contributed by atoms with E-state index in [1.165, 1.54) is 64.2 Å². The molecular formula is C34H55O5P. The Morgan fingerprint density at radius 1 is 0.525 bits per heavy atom. The first kappa shape index (κ1) is 34.4. The molecule has 2 rings (SSSR count). The van der Waals surface area contributed by atoms with Gasteiger partial charge in [-0.3, -0.25) is 4.52 Å². The number of rotatable bonds is 25. The fraction of sp³-hybridized carbons (Fsp3) is 0.647. The zero-order chi connectivity index (χ0) is 28.7. The molecule has 0 unspecified atom stereocenters. The van der Waals surface area contributed by atoms with Gasteiger partial charge in [-0.2, -0.15) is 0 Å². The number of phosphoric acid groups is 1. The van der Waals surface area contributed by atoms with Gasteiger partial charge in [-0.05, 0) is 55.4 Å². The van der Waals surface area contributed by atoms with Gasteiger partial charge in [-0.1, -0.05) is 128 Å². The van der Waals surface area contributed by atoms with Gasteiger partial charge in [0, 0.05) is 6.61 Å². The summed E-state index contributed by atoms with van der Waals surface area (Å²) in [7, 11) is -3.96. The Morgan fingerprint density at radius 3 is 1.48 bits per heavy atom. The molecule has 5 nitrogen and oxygen atoms in total. The van der Waals surface area contributed by atoms with Crippen molar-refractivity contribution in [2.45, 2.75) is 124 Å². The van der Waals surface area contributed by atoms with Crippen LogP contribution < -0.4 is 9.05 Å². The Kier molecular flexibility index (Phi) is 18.8. The van der Waals surface area contributed by atoms with Crippen LogP contribution in [-0.4, -0.2) is 19.8 Å². The van der Waals surface area contributed by atoms with Crippen molar-refractivity contribution in [3.05, 3.63) is 59.7 Å². The molecule has 0 fully saturated rings. The number of unbranched alkanes of at least 4 members (excludes halogenated alkanes) is 11. The second-order valence-electron chi connectivity index (χ2n) is 10.7. The van der Waals surface area contributed by atoms with Crippen LogP contribution in [0.2, 0.25) is 0 Å². The molecular weight excluding hydrogens is 519 g/mol. The average molecular weight is 575 g/mol. The maximum absolute atomic E-state index is 14.1. The molecule has 0 saturated carbocycles. The van der Waals surface area contributed by atoms with Crippen molar-refractivity contribution in [1.29, 1.82) is 0 Å². The van der Waals surface area contributed by atoms with Crippen LogP contribution in [0, 0.1) is 0 Å². The molecule has 0 heterocycles. The lowest BCUT2D eigenvalue weighted by atomic mass is 10.0. The maximum Gasteiger partial charge on any atom is 0.587 e. The standard InChI is InChI=1S/C34H55O5P/c1-4-7-10-12-14-16-22-31-24-18-20-26-33(31)38-40(35,37-30-29-36-28-9-6-3)39-34-27-21-19-25-32(34)23-17-15-13-11-8-5-2/h18-21,24-27H,4-17,22-23,28-30H2,1-3H3. The number of aryl methyl sites for hydroxylation is 2. The van der Waals surface area contributed by atoms with Crippen LogP contribution in [0.3, 0.4) is 0 Å². The summed E-state index contributed by atoms with van der Waals surface area (Å²) < 4.78 is 37.9. The van der Waals surface area contributed by atoms with Crippen LogP contribution in [0.25, 0.3) is 0 Å². The molecule has 0 aliphatic carbocycles. The molecule has 6 heteroatoms. The molecule has 0 saturated heterocycles. The summed E-state index contributed by atoms with van der Waals surface area (Å²) in [6.45, 7) is 7.74. The molecule has 226 valence electrons. The van der Waals surface area contributed by atoms with E-state index in [2.05, 4.69) is 20.8 Å². The van der Waals surface area contributed by atoms with Crippen LogP contribution in [0.15, 0.2) is 48.5 Å². The van der Waals surface area contributed by atoms with Gasteiger partial charge < -0.3 is 13.8 Å². The Hall–Kier alpha value is -1.81. The fourth-order valence-corrected chi connectivity index (χ4v) is 5.94. The van der Waals surface area contributed by atoms with Crippen molar-refractivity contribution in [3.8, 4) is 11.5 Å². The second-order valence-corrected chi connectivity index (χ2v) is 12.2. The predicted octanol–water partition coefficient (Wildman–Crippen LogP) is 10.9. The van der Waals surface area contributed by atoms with Crippen LogP contribution >= 0.6 is 7.82 Å². The minimum atomic E-state index is -3.96. The second kappa shape index (κ2) is 21.9. The Labute approximate surface area is 245 Å². The van der Waals surface area contributed by atoms with E-state index >= 15 is 0 Å². The van der Waals surface area contributed by atoms with E-state index in [0.29, 0.717) is 24.7 Å².